The van der Waals surface area contributed by atoms with Gasteiger partial charge in [-0.2, -0.15) is 0 Å². The van der Waals surface area contributed by atoms with Crippen LogP contribution in [0.1, 0.15) is 49.3 Å². The van der Waals surface area contributed by atoms with Crippen LogP contribution in [0.3, 0.4) is 0 Å². The van der Waals surface area contributed by atoms with Crippen molar-refractivity contribution in [1.29, 1.82) is 0 Å². The third-order valence-corrected chi connectivity index (χ3v) is 6.59. The van der Waals surface area contributed by atoms with Gasteiger partial charge in [-0.05, 0) is 44.6 Å². The van der Waals surface area contributed by atoms with Crippen molar-refractivity contribution in [3.8, 4) is 0 Å². The first-order valence-corrected chi connectivity index (χ1v) is 10.5. The number of oxime groups is 1. The third-order valence-electron chi connectivity index (χ3n) is 6.59. The molecule has 1 amide bonds. The number of carbonyl (C=O) groups is 1. The number of benzene rings is 1. The lowest BCUT2D eigenvalue weighted by atomic mass is 9.98. The number of rotatable bonds is 5. The molecule has 1 aliphatic carbocycles. The zero-order valence-corrected chi connectivity index (χ0v) is 17.3. The number of imidazole rings is 1. The molecular weight excluding hydrogens is 364 g/mol. The van der Waals surface area contributed by atoms with Crippen molar-refractivity contribution in [3.63, 3.8) is 0 Å². The normalized spacial score (nSPS) is 27.9. The van der Waals surface area contributed by atoms with Gasteiger partial charge < -0.3 is 14.3 Å². The lowest BCUT2D eigenvalue weighted by Crippen LogP contribution is -2.33. The van der Waals surface area contributed by atoms with E-state index in [-0.39, 0.29) is 17.6 Å². The van der Waals surface area contributed by atoms with Crippen LogP contribution in [0.15, 0.2) is 48.0 Å². The molecule has 0 bridgehead atoms. The molecule has 1 aromatic carbocycles. The highest BCUT2D eigenvalue weighted by Crippen LogP contribution is 2.54. The number of nitrogens with zero attached hydrogens (tertiary/aromatic N) is 4. The van der Waals surface area contributed by atoms with Crippen LogP contribution < -0.4 is 0 Å². The van der Waals surface area contributed by atoms with Crippen LogP contribution in [-0.4, -0.2) is 44.8 Å². The molecule has 6 nitrogen and oxygen atoms in total. The molecule has 3 aliphatic rings. The smallest absolute Gasteiger partial charge is 0.274 e. The SMILES string of the molecule is C[C@@H](Cc1ccccc1)n1cnc(C(=O)N2C[C@@H]3C(C4=NOC(C)(C)C4)[C@@H]3C2)c1. The number of hydrogen-bond acceptors (Lipinski definition) is 4. The van der Waals surface area contributed by atoms with Gasteiger partial charge in [0, 0.05) is 37.7 Å². The van der Waals surface area contributed by atoms with E-state index in [9.17, 15) is 4.79 Å². The number of fused-ring (bicyclic) bond motifs is 1. The van der Waals surface area contributed by atoms with Crippen molar-refractivity contribution in [3.05, 3.63) is 54.1 Å². The van der Waals surface area contributed by atoms with E-state index in [4.69, 9.17) is 4.84 Å². The fraction of sp³-hybridized carbons (Fsp3) is 0.522. The molecule has 0 spiro atoms. The van der Waals surface area contributed by atoms with Crippen LogP contribution in [0.25, 0.3) is 0 Å². The molecule has 1 saturated heterocycles. The first kappa shape index (κ1) is 18.4. The summed E-state index contributed by atoms with van der Waals surface area (Å²) in [5.41, 5.74) is 2.85. The molecule has 3 heterocycles. The van der Waals surface area contributed by atoms with Gasteiger partial charge in [0.1, 0.15) is 11.3 Å². The molecule has 1 unspecified atom stereocenters. The summed E-state index contributed by atoms with van der Waals surface area (Å²) in [6.07, 6.45) is 5.51. The van der Waals surface area contributed by atoms with Crippen LogP contribution in [0.2, 0.25) is 0 Å². The van der Waals surface area contributed by atoms with Gasteiger partial charge in [-0.25, -0.2) is 4.98 Å². The quantitative estimate of drug-likeness (QED) is 0.782. The van der Waals surface area contributed by atoms with Gasteiger partial charge in [0.15, 0.2) is 0 Å². The summed E-state index contributed by atoms with van der Waals surface area (Å²) in [5, 5.41) is 4.32. The summed E-state index contributed by atoms with van der Waals surface area (Å²) in [6, 6.07) is 10.7. The first-order valence-electron chi connectivity index (χ1n) is 10.5. The van der Waals surface area contributed by atoms with Gasteiger partial charge in [-0.3, -0.25) is 4.79 Å². The Morgan fingerprint density at radius 1 is 1.24 bits per heavy atom. The minimum atomic E-state index is -0.176. The monoisotopic (exact) mass is 392 g/mol. The van der Waals surface area contributed by atoms with E-state index >= 15 is 0 Å². The molecule has 0 N–H and O–H groups in total. The van der Waals surface area contributed by atoms with E-state index in [1.165, 1.54) is 11.3 Å². The predicted molar refractivity (Wildman–Crippen MR) is 111 cm³/mol. The Morgan fingerprint density at radius 2 is 1.97 bits per heavy atom. The van der Waals surface area contributed by atoms with Crippen LogP contribution in [-0.2, 0) is 11.3 Å². The lowest BCUT2D eigenvalue weighted by molar-refractivity contribution is 0.0123. The van der Waals surface area contributed by atoms with Crippen molar-refractivity contribution in [1.82, 2.24) is 14.5 Å². The summed E-state index contributed by atoms with van der Waals surface area (Å²) in [5.74, 6) is 1.62. The van der Waals surface area contributed by atoms with E-state index in [0.717, 1.165) is 25.9 Å². The van der Waals surface area contributed by atoms with E-state index in [2.05, 4.69) is 55.2 Å². The van der Waals surface area contributed by atoms with Gasteiger partial charge in [0.05, 0.1) is 12.0 Å². The Morgan fingerprint density at radius 3 is 2.62 bits per heavy atom. The third kappa shape index (κ3) is 3.45. The van der Waals surface area contributed by atoms with Crippen LogP contribution in [0.4, 0.5) is 0 Å². The molecular formula is C23H28N4O2. The maximum Gasteiger partial charge on any atom is 0.274 e. The molecule has 1 saturated carbocycles. The Bertz CT molecular complexity index is 937. The fourth-order valence-corrected chi connectivity index (χ4v) is 4.96. The minimum Gasteiger partial charge on any atom is -0.389 e. The molecule has 4 atom stereocenters. The molecule has 6 heteroatoms. The molecule has 1 aromatic heterocycles. The van der Waals surface area contributed by atoms with Crippen molar-refractivity contribution in [2.45, 2.75) is 45.3 Å². The minimum absolute atomic E-state index is 0.0477. The molecule has 2 fully saturated rings. The molecule has 0 radical (unpaired) electrons. The van der Waals surface area contributed by atoms with Crippen molar-refractivity contribution in [2.75, 3.05) is 13.1 Å². The number of carbonyl (C=O) groups excluding carboxylic acids is 1. The van der Waals surface area contributed by atoms with Crippen LogP contribution >= 0.6 is 0 Å². The average Bonchev–Trinajstić information content (AvgIpc) is 3.14. The lowest BCUT2D eigenvalue weighted by Gasteiger charge is -2.19. The average molecular weight is 393 g/mol. The van der Waals surface area contributed by atoms with Gasteiger partial charge >= 0.3 is 0 Å². The summed E-state index contributed by atoms with van der Waals surface area (Å²) in [7, 11) is 0. The second kappa shape index (κ2) is 6.71. The first-order chi connectivity index (χ1) is 13.9. The molecule has 5 rings (SSSR count). The summed E-state index contributed by atoms with van der Waals surface area (Å²) >= 11 is 0. The molecule has 152 valence electrons. The second-order valence-corrected chi connectivity index (χ2v) is 9.42. The number of amides is 1. The van der Waals surface area contributed by atoms with Gasteiger partial charge in [0.2, 0.25) is 0 Å². The van der Waals surface area contributed by atoms with E-state index in [0.29, 0.717) is 23.4 Å². The van der Waals surface area contributed by atoms with Gasteiger partial charge in [-0.15, -0.1) is 0 Å². The largest absolute Gasteiger partial charge is 0.389 e. The van der Waals surface area contributed by atoms with E-state index in [1.54, 1.807) is 6.33 Å². The Labute approximate surface area is 171 Å². The predicted octanol–water partition coefficient (Wildman–Crippen LogP) is 3.56. The maximum absolute atomic E-state index is 12.9. The highest BCUT2D eigenvalue weighted by molar-refractivity contribution is 5.94. The van der Waals surface area contributed by atoms with Crippen molar-refractivity contribution < 1.29 is 9.63 Å². The molecule has 2 aliphatic heterocycles. The number of likely N-dealkylation sites (tertiary alicyclic amines) is 1. The fourth-order valence-electron chi connectivity index (χ4n) is 4.96. The Hall–Kier alpha value is -2.63. The maximum atomic E-state index is 12.9. The van der Waals surface area contributed by atoms with Crippen LogP contribution in [0, 0.1) is 17.8 Å². The number of aromatic nitrogens is 2. The zero-order valence-electron chi connectivity index (χ0n) is 17.3. The Balaban J connectivity index is 1.18. The van der Waals surface area contributed by atoms with Crippen LogP contribution in [0.5, 0.6) is 0 Å². The van der Waals surface area contributed by atoms with E-state index in [1.807, 2.05) is 21.7 Å². The topological polar surface area (TPSA) is 59.7 Å². The number of hydrogen-bond donors (Lipinski definition) is 0. The second-order valence-electron chi connectivity index (χ2n) is 9.42. The van der Waals surface area contributed by atoms with E-state index < -0.39 is 0 Å². The summed E-state index contributed by atoms with van der Waals surface area (Å²) < 4.78 is 2.05. The van der Waals surface area contributed by atoms with Crippen molar-refractivity contribution in [2.24, 2.45) is 22.9 Å². The highest BCUT2D eigenvalue weighted by atomic mass is 16.7. The van der Waals surface area contributed by atoms with Gasteiger partial charge in [-0.1, -0.05) is 35.5 Å². The summed E-state index contributed by atoms with van der Waals surface area (Å²) in [4.78, 5) is 24.8. The molecule has 29 heavy (non-hydrogen) atoms. The highest BCUT2D eigenvalue weighted by Gasteiger charge is 2.60. The molecule has 2 aromatic rings. The zero-order chi connectivity index (χ0) is 20.2. The number of piperidine rings is 1. The Kier molecular flexibility index (Phi) is 4.26. The van der Waals surface area contributed by atoms with Gasteiger partial charge in [0.25, 0.3) is 5.91 Å². The van der Waals surface area contributed by atoms with Crippen molar-refractivity contribution >= 4 is 11.6 Å². The standard InChI is InChI=1S/C23H28N4O2/c1-15(9-16-7-5-4-6-8-16)27-13-20(24-14-27)22(28)26-11-17-18(12-26)21(17)19-10-23(2,3)29-25-19/h4-8,13-15,17-18,21H,9-12H2,1-3H3/t15-,17-,18+,21?/m0/s1. The summed E-state index contributed by atoms with van der Waals surface area (Å²) in [6.45, 7) is 7.92.